The number of benzene rings is 1. The number of aromatic nitrogens is 2. The van der Waals surface area contributed by atoms with Gasteiger partial charge < -0.3 is 5.73 Å². The number of rotatable bonds is 2. The summed E-state index contributed by atoms with van der Waals surface area (Å²) in [6, 6.07) is 6.54. The summed E-state index contributed by atoms with van der Waals surface area (Å²) < 4.78 is 37.4. The minimum atomic E-state index is -4.33. The summed E-state index contributed by atoms with van der Waals surface area (Å²) >= 11 is 0. The summed E-state index contributed by atoms with van der Waals surface area (Å²) in [7, 11) is 0. The molecule has 2 aromatic rings. The molecule has 2 rings (SSSR count). The molecule has 100 valence electrons. The van der Waals surface area contributed by atoms with Gasteiger partial charge in [0.05, 0.1) is 17.0 Å². The first-order valence-corrected chi connectivity index (χ1v) is 5.62. The zero-order valence-electron chi connectivity index (χ0n) is 10.2. The van der Waals surface area contributed by atoms with Crippen LogP contribution in [0.25, 0.3) is 11.3 Å². The Bertz CT molecular complexity index is 577. The second kappa shape index (κ2) is 4.97. The van der Waals surface area contributed by atoms with E-state index in [4.69, 9.17) is 5.73 Å². The van der Waals surface area contributed by atoms with Crippen LogP contribution < -0.4 is 5.73 Å². The van der Waals surface area contributed by atoms with Gasteiger partial charge in [0, 0.05) is 12.1 Å². The van der Waals surface area contributed by atoms with Crippen LogP contribution in [0.15, 0.2) is 30.3 Å². The Kier molecular flexibility index (Phi) is 3.53. The van der Waals surface area contributed by atoms with E-state index in [0.717, 1.165) is 12.1 Å². The van der Waals surface area contributed by atoms with E-state index in [2.05, 4.69) is 9.97 Å². The molecule has 0 aliphatic rings. The Labute approximate surface area is 108 Å². The Hall–Kier alpha value is -1.95. The maximum atomic E-state index is 12.5. The van der Waals surface area contributed by atoms with Crippen molar-refractivity contribution < 1.29 is 13.2 Å². The van der Waals surface area contributed by atoms with E-state index in [-0.39, 0.29) is 6.54 Å². The zero-order valence-corrected chi connectivity index (χ0v) is 10.2. The van der Waals surface area contributed by atoms with Crippen LogP contribution in [-0.4, -0.2) is 9.97 Å². The van der Waals surface area contributed by atoms with Crippen molar-refractivity contribution in [2.45, 2.75) is 19.6 Å². The minimum absolute atomic E-state index is 0.261. The highest BCUT2D eigenvalue weighted by molar-refractivity contribution is 5.59. The molecule has 0 atom stereocenters. The van der Waals surface area contributed by atoms with Crippen molar-refractivity contribution in [3.8, 4) is 11.3 Å². The highest BCUT2D eigenvalue weighted by Gasteiger charge is 2.30. The minimum Gasteiger partial charge on any atom is -0.325 e. The molecule has 19 heavy (non-hydrogen) atoms. The predicted octanol–water partition coefficient (Wildman–Crippen LogP) is 2.93. The van der Waals surface area contributed by atoms with Crippen LogP contribution in [0.4, 0.5) is 13.2 Å². The largest absolute Gasteiger partial charge is 0.416 e. The maximum Gasteiger partial charge on any atom is 0.416 e. The summed E-state index contributed by atoms with van der Waals surface area (Å²) in [5.41, 5.74) is 6.66. The maximum absolute atomic E-state index is 12.5. The first kappa shape index (κ1) is 13.5. The monoisotopic (exact) mass is 267 g/mol. The summed E-state index contributed by atoms with van der Waals surface area (Å²) in [5.74, 6) is 0.540. The lowest BCUT2D eigenvalue weighted by molar-refractivity contribution is -0.137. The van der Waals surface area contributed by atoms with Gasteiger partial charge in [0.15, 0.2) is 0 Å². The lowest BCUT2D eigenvalue weighted by Crippen LogP contribution is -2.05. The lowest BCUT2D eigenvalue weighted by Gasteiger charge is -2.08. The third-order valence-electron chi connectivity index (χ3n) is 2.61. The fraction of sp³-hybridized carbons (Fsp3) is 0.231. The number of nitrogens with zero attached hydrogens (tertiary/aromatic N) is 2. The molecule has 1 aromatic heterocycles. The number of aryl methyl sites for hydroxylation is 1. The molecule has 2 N–H and O–H groups in total. The first-order chi connectivity index (χ1) is 8.90. The summed E-state index contributed by atoms with van der Waals surface area (Å²) in [6.07, 6.45) is -4.33. The molecule has 0 amide bonds. The van der Waals surface area contributed by atoms with E-state index in [1.54, 1.807) is 13.0 Å². The smallest absolute Gasteiger partial charge is 0.325 e. The van der Waals surface area contributed by atoms with Gasteiger partial charge in [-0.15, -0.1) is 0 Å². The number of nitrogens with two attached hydrogens (primary N) is 1. The van der Waals surface area contributed by atoms with E-state index in [0.29, 0.717) is 22.8 Å². The molecular formula is C13H12F3N3. The van der Waals surface area contributed by atoms with Crippen LogP contribution in [-0.2, 0) is 12.7 Å². The Morgan fingerprint density at radius 1 is 1.11 bits per heavy atom. The van der Waals surface area contributed by atoms with Crippen LogP contribution >= 0.6 is 0 Å². The van der Waals surface area contributed by atoms with Crippen molar-refractivity contribution in [2.24, 2.45) is 5.73 Å². The topological polar surface area (TPSA) is 51.8 Å². The van der Waals surface area contributed by atoms with E-state index >= 15 is 0 Å². The molecule has 1 heterocycles. The third-order valence-corrected chi connectivity index (χ3v) is 2.61. The quantitative estimate of drug-likeness (QED) is 0.910. The van der Waals surface area contributed by atoms with Crippen molar-refractivity contribution in [1.82, 2.24) is 9.97 Å². The Morgan fingerprint density at radius 2 is 1.74 bits per heavy atom. The second-order valence-corrected chi connectivity index (χ2v) is 4.07. The van der Waals surface area contributed by atoms with E-state index < -0.39 is 11.7 Å². The number of halogens is 3. The van der Waals surface area contributed by atoms with Crippen LogP contribution in [0.5, 0.6) is 0 Å². The van der Waals surface area contributed by atoms with E-state index in [1.807, 2.05) is 0 Å². The van der Waals surface area contributed by atoms with Gasteiger partial charge >= 0.3 is 6.18 Å². The number of alkyl halides is 3. The molecule has 0 spiro atoms. The van der Waals surface area contributed by atoms with Crippen LogP contribution in [0.3, 0.4) is 0 Å². The molecule has 0 saturated heterocycles. The van der Waals surface area contributed by atoms with Crippen molar-refractivity contribution in [3.05, 3.63) is 47.4 Å². The van der Waals surface area contributed by atoms with Gasteiger partial charge in [0.2, 0.25) is 0 Å². The molecular weight excluding hydrogens is 255 g/mol. The van der Waals surface area contributed by atoms with Crippen LogP contribution in [0.1, 0.15) is 17.1 Å². The molecule has 1 aromatic carbocycles. The normalized spacial score (nSPS) is 11.6. The molecule has 3 nitrogen and oxygen atoms in total. The highest BCUT2D eigenvalue weighted by Crippen LogP contribution is 2.30. The number of hydrogen-bond acceptors (Lipinski definition) is 3. The number of hydrogen-bond donors (Lipinski definition) is 1. The zero-order chi connectivity index (χ0) is 14.0. The fourth-order valence-corrected chi connectivity index (χ4v) is 1.71. The molecule has 0 bridgehead atoms. The molecule has 0 radical (unpaired) electrons. The second-order valence-electron chi connectivity index (χ2n) is 4.07. The average Bonchev–Trinajstić information content (AvgIpc) is 2.37. The average molecular weight is 267 g/mol. The van der Waals surface area contributed by atoms with Gasteiger partial charge in [-0.25, -0.2) is 9.97 Å². The summed E-state index contributed by atoms with van der Waals surface area (Å²) in [6.45, 7) is 1.98. The molecule has 0 aliphatic heterocycles. The van der Waals surface area contributed by atoms with Crippen LogP contribution in [0.2, 0.25) is 0 Å². The standard InChI is InChI=1S/C13H12F3N3/c1-8-18-11(7-17)6-12(19-8)9-2-4-10(5-3-9)13(14,15)16/h2-6H,7,17H2,1H3. The van der Waals surface area contributed by atoms with Gasteiger partial charge in [0.1, 0.15) is 5.82 Å². The first-order valence-electron chi connectivity index (χ1n) is 5.62. The van der Waals surface area contributed by atoms with E-state index in [9.17, 15) is 13.2 Å². The van der Waals surface area contributed by atoms with Crippen molar-refractivity contribution >= 4 is 0 Å². The molecule has 0 unspecified atom stereocenters. The Morgan fingerprint density at radius 3 is 2.26 bits per heavy atom. The van der Waals surface area contributed by atoms with Gasteiger partial charge in [-0.2, -0.15) is 13.2 Å². The van der Waals surface area contributed by atoms with Crippen LogP contribution in [0, 0.1) is 6.92 Å². The summed E-state index contributed by atoms with van der Waals surface area (Å²) in [4.78, 5) is 8.31. The van der Waals surface area contributed by atoms with E-state index in [1.165, 1.54) is 12.1 Å². The lowest BCUT2D eigenvalue weighted by atomic mass is 10.1. The van der Waals surface area contributed by atoms with Gasteiger partial charge in [-0.05, 0) is 25.1 Å². The SMILES string of the molecule is Cc1nc(CN)cc(-c2ccc(C(F)(F)F)cc2)n1. The van der Waals surface area contributed by atoms with Crippen molar-refractivity contribution in [1.29, 1.82) is 0 Å². The highest BCUT2D eigenvalue weighted by atomic mass is 19.4. The molecule has 0 aliphatic carbocycles. The van der Waals surface area contributed by atoms with Gasteiger partial charge in [-0.3, -0.25) is 0 Å². The van der Waals surface area contributed by atoms with Crippen molar-refractivity contribution in [2.75, 3.05) is 0 Å². The van der Waals surface area contributed by atoms with Gasteiger partial charge in [0.25, 0.3) is 0 Å². The molecule has 0 fully saturated rings. The third kappa shape index (κ3) is 3.08. The fourth-order valence-electron chi connectivity index (χ4n) is 1.71. The molecule has 0 saturated carbocycles. The van der Waals surface area contributed by atoms with Gasteiger partial charge in [-0.1, -0.05) is 12.1 Å². The Balaban J connectivity index is 2.40. The molecule has 6 heteroatoms. The van der Waals surface area contributed by atoms with Crippen molar-refractivity contribution in [3.63, 3.8) is 0 Å². The predicted molar refractivity (Wildman–Crippen MR) is 65.1 cm³/mol. The summed E-state index contributed by atoms with van der Waals surface area (Å²) in [5, 5.41) is 0.